The number of aliphatic hydroxyl groups is 1. The first-order valence-electron chi connectivity index (χ1n) is 7.75. The molecule has 0 radical (unpaired) electrons. The lowest BCUT2D eigenvalue weighted by Crippen LogP contribution is -2.57. The highest BCUT2D eigenvalue weighted by Gasteiger charge is 2.41. The molecule has 5 heteroatoms. The van der Waals surface area contributed by atoms with Gasteiger partial charge in [0, 0.05) is 25.2 Å². The number of nitrogens with zero attached hydrogens (tertiary/aromatic N) is 2. The van der Waals surface area contributed by atoms with E-state index in [-0.39, 0.29) is 11.4 Å². The first-order chi connectivity index (χ1) is 9.38. The molecule has 1 saturated heterocycles. The van der Waals surface area contributed by atoms with Crippen molar-refractivity contribution in [2.45, 2.75) is 49.7 Å². The van der Waals surface area contributed by atoms with E-state index < -0.39 is 5.60 Å². The lowest BCUT2D eigenvalue weighted by atomic mass is 9.89. The van der Waals surface area contributed by atoms with E-state index in [9.17, 15) is 9.90 Å². The molecule has 1 heterocycles. The SMILES string of the molecule is CN1CCC(O)(C(=O)NCC2(N(C)C)CCCC2)CC1. The van der Waals surface area contributed by atoms with Crippen LogP contribution in [-0.4, -0.2) is 72.7 Å². The average molecular weight is 283 g/mol. The topological polar surface area (TPSA) is 55.8 Å². The van der Waals surface area contributed by atoms with Gasteiger partial charge in [-0.15, -0.1) is 0 Å². The molecule has 2 aliphatic rings. The molecule has 2 fully saturated rings. The highest BCUT2D eigenvalue weighted by Crippen LogP contribution is 2.33. The summed E-state index contributed by atoms with van der Waals surface area (Å²) in [5.74, 6) is -0.182. The van der Waals surface area contributed by atoms with Crippen molar-refractivity contribution in [2.75, 3.05) is 40.8 Å². The summed E-state index contributed by atoms with van der Waals surface area (Å²) in [4.78, 5) is 16.7. The second kappa shape index (κ2) is 6.00. The van der Waals surface area contributed by atoms with Crippen molar-refractivity contribution < 1.29 is 9.90 Å². The Hall–Kier alpha value is -0.650. The fourth-order valence-electron chi connectivity index (χ4n) is 3.44. The van der Waals surface area contributed by atoms with Crippen molar-refractivity contribution in [3.63, 3.8) is 0 Å². The Kier molecular flexibility index (Phi) is 4.72. The first-order valence-corrected chi connectivity index (χ1v) is 7.75. The van der Waals surface area contributed by atoms with E-state index in [0.29, 0.717) is 19.4 Å². The third kappa shape index (κ3) is 3.15. The number of amides is 1. The molecule has 1 aliphatic carbocycles. The molecular formula is C15H29N3O2. The third-order valence-corrected chi connectivity index (χ3v) is 5.30. The minimum Gasteiger partial charge on any atom is -0.380 e. The molecule has 0 aromatic rings. The zero-order valence-electron chi connectivity index (χ0n) is 13.1. The van der Waals surface area contributed by atoms with E-state index in [1.54, 1.807) is 0 Å². The van der Waals surface area contributed by atoms with E-state index >= 15 is 0 Å². The van der Waals surface area contributed by atoms with Gasteiger partial charge >= 0.3 is 0 Å². The van der Waals surface area contributed by atoms with Crippen LogP contribution < -0.4 is 5.32 Å². The Morgan fingerprint density at radius 3 is 2.25 bits per heavy atom. The van der Waals surface area contributed by atoms with Crippen molar-refractivity contribution in [2.24, 2.45) is 0 Å². The lowest BCUT2D eigenvalue weighted by Gasteiger charge is -2.39. The van der Waals surface area contributed by atoms with Crippen molar-refractivity contribution in [3.8, 4) is 0 Å². The molecular weight excluding hydrogens is 254 g/mol. The smallest absolute Gasteiger partial charge is 0.252 e. The second-order valence-electron chi connectivity index (χ2n) is 6.84. The van der Waals surface area contributed by atoms with Gasteiger partial charge in [-0.05, 0) is 46.8 Å². The zero-order chi connectivity index (χ0) is 14.8. The van der Waals surface area contributed by atoms with E-state index in [2.05, 4.69) is 29.2 Å². The number of nitrogens with one attached hydrogen (secondary N) is 1. The molecule has 2 rings (SSSR count). The monoisotopic (exact) mass is 283 g/mol. The third-order valence-electron chi connectivity index (χ3n) is 5.30. The number of carbonyl (C=O) groups excluding carboxylic acids is 1. The molecule has 0 atom stereocenters. The minimum atomic E-state index is -1.17. The summed E-state index contributed by atoms with van der Waals surface area (Å²) in [5.41, 5.74) is -1.09. The van der Waals surface area contributed by atoms with Gasteiger partial charge in [0.25, 0.3) is 5.91 Å². The Morgan fingerprint density at radius 2 is 1.75 bits per heavy atom. The number of likely N-dealkylation sites (N-methyl/N-ethyl adjacent to an activating group) is 1. The molecule has 0 unspecified atom stereocenters. The van der Waals surface area contributed by atoms with Gasteiger partial charge in [0.1, 0.15) is 5.60 Å². The van der Waals surface area contributed by atoms with Crippen LogP contribution in [0.4, 0.5) is 0 Å². The van der Waals surface area contributed by atoms with Crippen LogP contribution in [-0.2, 0) is 4.79 Å². The van der Waals surface area contributed by atoms with Crippen LogP contribution in [0, 0.1) is 0 Å². The van der Waals surface area contributed by atoms with Gasteiger partial charge in [-0.1, -0.05) is 12.8 Å². The van der Waals surface area contributed by atoms with Gasteiger partial charge in [0.15, 0.2) is 0 Å². The number of hydrogen-bond acceptors (Lipinski definition) is 4. The van der Waals surface area contributed by atoms with Gasteiger partial charge < -0.3 is 20.2 Å². The van der Waals surface area contributed by atoms with E-state index in [0.717, 1.165) is 25.9 Å². The summed E-state index contributed by atoms with van der Waals surface area (Å²) >= 11 is 0. The van der Waals surface area contributed by atoms with Gasteiger partial charge in [0.2, 0.25) is 0 Å². The van der Waals surface area contributed by atoms with Crippen LogP contribution in [0.2, 0.25) is 0 Å². The molecule has 0 aromatic heterocycles. The van der Waals surface area contributed by atoms with Crippen LogP contribution in [0.1, 0.15) is 38.5 Å². The maximum absolute atomic E-state index is 12.3. The molecule has 20 heavy (non-hydrogen) atoms. The fourth-order valence-corrected chi connectivity index (χ4v) is 3.44. The van der Waals surface area contributed by atoms with Crippen molar-refractivity contribution in [1.29, 1.82) is 0 Å². The van der Waals surface area contributed by atoms with Gasteiger partial charge in [-0.25, -0.2) is 0 Å². The first kappa shape index (κ1) is 15.7. The maximum atomic E-state index is 12.3. The average Bonchev–Trinajstić information content (AvgIpc) is 2.90. The van der Waals surface area contributed by atoms with Crippen LogP contribution in [0.25, 0.3) is 0 Å². The molecule has 1 saturated carbocycles. The van der Waals surface area contributed by atoms with Crippen molar-refractivity contribution in [3.05, 3.63) is 0 Å². The van der Waals surface area contributed by atoms with Gasteiger partial charge in [-0.2, -0.15) is 0 Å². The highest BCUT2D eigenvalue weighted by atomic mass is 16.3. The number of carbonyl (C=O) groups is 1. The standard InChI is InChI=1S/C15H29N3O2/c1-17(2)14(6-4-5-7-14)12-16-13(19)15(20)8-10-18(3)11-9-15/h20H,4-12H2,1-3H3,(H,16,19). The van der Waals surface area contributed by atoms with Gasteiger partial charge in [0.05, 0.1) is 0 Å². The lowest BCUT2D eigenvalue weighted by molar-refractivity contribution is -0.145. The molecule has 0 spiro atoms. The van der Waals surface area contributed by atoms with E-state index in [4.69, 9.17) is 0 Å². The molecule has 1 aliphatic heterocycles. The summed E-state index contributed by atoms with van der Waals surface area (Å²) in [6.45, 7) is 2.21. The van der Waals surface area contributed by atoms with Crippen molar-refractivity contribution in [1.82, 2.24) is 15.1 Å². The van der Waals surface area contributed by atoms with E-state index in [1.165, 1.54) is 12.8 Å². The summed E-state index contributed by atoms with van der Waals surface area (Å²) in [5, 5.41) is 13.5. The normalized spacial score (nSPS) is 25.9. The molecule has 1 amide bonds. The van der Waals surface area contributed by atoms with Crippen molar-refractivity contribution >= 4 is 5.91 Å². The molecule has 0 aromatic carbocycles. The zero-order valence-corrected chi connectivity index (χ0v) is 13.1. The fraction of sp³-hybridized carbons (Fsp3) is 0.933. The van der Waals surface area contributed by atoms with Crippen LogP contribution in [0.5, 0.6) is 0 Å². The predicted octanol–water partition coefficient (Wildman–Crippen LogP) is 0.434. The molecule has 2 N–H and O–H groups in total. The number of hydrogen-bond donors (Lipinski definition) is 2. The van der Waals surface area contributed by atoms with Gasteiger partial charge in [-0.3, -0.25) is 4.79 Å². The second-order valence-corrected chi connectivity index (χ2v) is 6.84. The molecule has 5 nitrogen and oxygen atoms in total. The van der Waals surface area contributed by atoms with Crippen LogP contribution >= 0.6 is 0 Å². The predicted molar refractivity (Wildman–Crippen MR) is 79.6 cm³/mol. The number of likely N-dealkylation sites (tertiary alicyclic amines) is 1. The largest absolute Gasteiger partial charge is 0.380 e. The summed E-state index contributed by atoms with van der Waals surface area (Å²) in [6, 6.07) is 0. The molecule has 0 bridgehead atoms. The number of rotatable bonds is 4. The number of piperidine rings is 1. The summed E-state index contributed by atoms with van der Waals surface area (Å²) in [6.07, 6.45) is 5.77. The Labute approximate surface area is 122 Å². The Balaban J connectivity index is 1.91. The Morgan fingerprint density at radius 1 is 1.20 bits per heavy atom. The summed E-state index contributed by atoms with van der Waals surface area (Å²) in [7, 11) is 6.20. The quantitative estimate of drug-likeness (QED) is 0.786. The van der Waals surface area contributed by atoms with Crippen LogP contribution in [0.3, 0.4) is 0 Å². The summed E-state index contributed by atoms with van der Waals surface area (Å²) < 4.78 is 0. The van der Waals surface area contributed by atoms with E-state index in [1.807, 2.05) is 7.05 Å². The molecule has 116 valence electrons. The Bertz CT molecular complexity index is 343. The minimum absolute atomic E-state index is 0.0808. The highest BCUT2D eigenvalue weighted by molar-refractivity contribution is 5.85. The van der Waals surface area contributed by atoms with Crippen LogP contribution in [0.15, 0.2) is 0 Å². The maximum Gasteiger partial charge on any atom is 0.252 e.